The molecule has 2 atom stereocenters. The largest absolute Gasteiger partial charge is 0.481 e. The molecule has 1 fully saturated rings. The first kappa shape index (κ1) is 15.4. The number of carboxylic acid groups (broad SMARTS) is 1. The molecule has 1 saturated carbocycles. The van der Waals surface area contributed by atoms with E-state index in [4.69, 9.17) is 0 Å². The summed E-state index contributed by atoms with van der Waals surface area (Å²) in [6, 6.07) is 5.32. The van der Waals surface area contributed by atoms with Crippen molar-refractivity contribution in [2.45, 2.75) is 27.7 Å². The van der Waals surface area contributed by atoms with E-state index in [1.807, 2.05) is 13.8 Å². The normalized spacial score (nSPS) is 21.9. The molecule has 2 aromatic rings. The van der Waals surface area contributed by atoms with Crippen molar-refractivity contribution in [2.75, 3.05) is 5.32 Å². The number of nitrogens with one attached hydrogen (secondary N) is 1. The first-order valence-corrected chi connectivity index (χ1v) is 7.50. The number of rotatable bonds is 3. The minimum atomic E-state index is -0.925. The van der Waals surface area contributed by atoms with Gasteiger partial charge in [-0.2, -0.15) is 0 Å². The second-order valence-electron chi connectivity index (χ2n) is 6.70. The topological polar surface area (TPSA) is 92.2 Å². The van der Waals surface area contributed by atoms with Gasteiger partial charge in [0.1, 0.15) is 0 Å². The second kappa shape index (κ2) is 5.01. The zero-order chi connectivity index (χ0) is 16.9. The minimum Gasteiger partial charge on any atom is -0.481 e. The number of benzene rings is 1. The predicted molar refractivity (Wildman–Crippen MR) is 86.0 cm³/mol. The van der Waals surface area contributed by atoms with E-state index in [9.17, 15) is 14.7 Å². The van der Waals surface area contributed by atoms with E-state index >= 15 is 0 Å². The number of carbonyl (C=O) groups excluding carboxylic acids is 1. The number of fused-ring (bicyclic) bond motifs is 1. The molecule has 0 aliphatic heterocycles. The van der Waals surface area contributed by atoms with Crippen molar-refractivity contribution in [2.24, 2.45) is 17.3 Å². The van der Waals surface area contributed by atoms with E-state index in [0.717, 1.165) is 16.9 Å². The molecule has 0 saturated heterocycles. The number of aliphatic carboxylic acids is 1. The molecule has 6 heteroatoms. The Balaban J connectivity index is 1.83. The van der Waals surface area contributed by atoms with Crippen LogP contribution in [-0.4, -0.2) is 27.0 Å². The zero-order valence-electron chi connectivity index (χ0n) is 13.5. The fraction of sp³-hybridized carbons (Fsp3) is 0.412. The SMILES string of the molecule is Cc1nc2ccc(NC(=O)[C@H]3[C@@H](C(=O)O)C3(C)C)cc2nc1C. The Bertz CT molecular complexity index is 829. The van der Waals surface area contributed by atoms with E-state index in [0.29, 0.717) is 11.2 Å². The average Bonchev–Trinajstić information content (AvgIpc) is 3.04. The van der Waals surface area contributed by atoms with Crippen LogP contribution in [0.15, 0.2) is 18.2 Å². The van der Waals surface area contributed by atoms with E-state index in [1.165, 1.54) is 0 Å². The highest BCUT2D eigenvalue weighted by Crippen LogP contribution is 2.58. The third-order valence-electron chi connectivity index (χ3n) is 4.72. The Morgan fingerprint density at radius 3 is 2.26 bits per heavy atom. The summed E-state index contributed by atoms with van der Waals surface area (Å²) in [5.74, 6) is -2.33. The number of anilines is 1. The van der Waals surface area contributed by atoms with Gasteiger partial charge in [-0.15, -0.1) is 0 Å². The van der Waals surface area contributed by atoms with E-state index in [-0.39, 0.29) is 5.91 Å². The Morgan fingerprint density at radius 2 is 1.70 bits per heavy atom. The fourth-order valence-electron chi connectivity index (χ4n) is 3.12. The number of amides is 1. The monoisotopic (exact) mass is 313 g/mol. The maximum atomic E-state index is 12.4. The molecule has 120 valence electrons. The van der Waals surface area contributed by atoms with Crippen molar-refractivity contribution in [3.05, 3.63) is 29.6 Å². The second-order valence-corrected chi connectivity index (χ2v) is 6.70. The summed E-state index contributed by atoms with van der Waals surface area (Å²) in [5, 5.41) is 12.0. The predicted octanol–water partition coefficient (Wildman–Crippen LogP) is 2.54. The van der Waals surface area contributed by atoms with E-state index < -0.39 is 23.2 Å². The number of hydrogen-bond donors (Lipinski definition) is 2. The molecule has 2 N–H and O–H groups in total. The molecule has 0 unspecified atom stereocenters. The standard InChI is InChI=1S/C17H19N3O3/c1-8-9(2)19-12-7-10(5-6-11(12)18-8)20-15(21)13-14(16(22)23)17(13,3)4/h5-7,13-14H,1-4H3,(H,20,21)(H,22,23)/t13-,14+/m1/s1. The summed E-state index contributed by atoms with van der Waals surface area (Å²) >= 11 is 0. The number of hydrogen-bond acceptors (Lipinski definition) is 4. The van der Waals surface area contributed by atoms with Crippen LogP contribution in [0.3, 0.4) is 0 Å². The quantitative estimate of drug-likeness (QED) is 0.908. The molecule has 1 amide bonds. The van der Waals surface area contributed by atoms with Crippen molar-refractivity contribution in [3.8, 4) is 0 Å². The van der Waals surface area contributed by atoms with Gasteiger partial charge in [0.15, 0.2) is 0 Å². The lowest BCUT2D eigenvalue weighted by atomic mass is 10.1. The van der Waals surface area contributed by atoms with E-state index in [1.54, 1.807) is 32.0 Å². The molecule has 0 spiro atoms. The van der Waals surface area contributed by atoms with Crippen molar-refractivity contribution < 1.29 is 14.7 Å². The van der Waals surface area contributed by atoms with E-state index in [2.05, 4.69) is 15.3 Å². The van der Waals surface area contributed by atoms with Crippen LogP contribution in [0.2, 0.25) is 0 Å². The Labute approximate surface area is 133 Å². The molecule has 23 heavy (non-hydrogen) atoms. The molecule has 0 radical (unpaired) electrons. The molecule has 0 bridgehead atoms. The van der Waals surface area contributed by atoms with Gasteiger partial charge in [-0.05, 0) is 37.5 Å². The number of aryl methyl sites for hydroxylation is 2. The summed E-state index contributed by atoms with van der Waals surface area (Å²) in [5.41, 5.74) is 3.28. The Kier molecular flexibility index (Phi) is 3.35. The number of carbonyl (C=O) groups is 2. The zero-order valence-corrected chi connectivity index (χ0v) is 13.5. The summed E-state index contributed by atoms with van der Waals surface area (Å²) in [4.78, 5) is 32.5. The number of nitrogens with zero attached hydrogens (tertiary/aromatic N) is 2. The molecule has 1 aromatic carbocycles. The van der Waals surface area contributed by atoms with Crippen molar-refractivity contribution in [1.82, 2.24) is 9.97 Å². The lowest BCUT2D eigenvalue weighted by Crippen LogP contribution is -2.17. The number of aromatic nitrogens is 2. The summed E-state index contributed by atoms with van der Waals surface area (Å²) in [6.45, 7) is 7.39. The fourth-order valence-corrected chi connectivity index (χ4v) is 3.12. The first-order chi connectivity index (χ1) is 10.7. The highest BCUT2D eigenvalue weighted by molar-refractivity contribution is 6.00. The van der Waals surface area contributed by atoms with Gasteiger partial charge >= 0.3 is 5.97 Å². The van der Waals surface area contributed by atoms with Gasteiger partial charge in [0.05, 0.1) is 34.3 Å². The third kappa shape index (κ3) is 2.54. The van der Waals surface area contributed by atoms with Crippen LogP contribution in [-0.2, 0) is 9.59 Å². The summed E-state index contributed by atoms with van der Waals surface area (Å²) < 4.78 is 0. The van der Waals surface area contributed by atoms with Crippen LogP contribution in [0, 0.1) is 31.1 Å². The maximum absolute atomic E-state index is 12.4. The molecule has 1 heterocycles. The van der Waals surface area contributed by atoms with Gasteiger partial charge in [0.2, 0.25) is 5.91 Å². The molecular formula is C17H19N3O3. The maximum Gasteiger partial charge on any atom is 0.307 e. The van der Waals surface area contributed by atoms with Gasteiger partial charge < -0.3 is 10.4 Å². The number of carboxylic acids is 1. The molecule has 1 aliphatic carbocycles. The molecule has 1 aliphatic rings. The van der Waals surface area contributed by atoms with Crippen LogP contribution in [0.1, 0.15) is 25.2 Å². The molecule has 6 nitrogen and oxygen atoms in total. The molecule has 1 aromatic heterocycles. The van der Waals surface area contributed by atoms with Crippen molar-refractivity contribution >= 4 is 28.6 Å². The Hall–Kier alpha value is -2.50. The van der Waals surface area contributed by atoms with Crippen LogP contribution in [0.5, 0.6) is 0 Å². The first-order valence-electron chi connectivity index (χ1n) is 7.50. The van der Waals surface area contributed by atoms with Gasteiger partial charge in [-0.25, -0.2) is 9.97 Å². The molecule has 3 rings (SSSR count). The molecular weight excluding hydrogens is 294 g/mol. The smallest absolute Gasteiger partial charge is 0.307 e. The summed E-state index contributed by atoms with van der Waals surface area (Å²) in [6.07, 6.45) is 0. The van der Waals surface area contributed by atoms with Gasteiger partial charge in [0.25, 0.3) is 0 Å². The van der Waals surface area contributed by atoms with Crippen molar-refractivity contribution in [3.63, 3.8) is 0 Å². The highest BCUT2D eigenvalue weighted by atomic mass is 16.4. The van der Waals surface area contributed by atoms with Crippen LogP contribution >= 0.6 is 0 Å². The lowest BCUT2D eigenvalue weighted by molar-refractivity contribution is -0.140. The van der Waals surface area contributed by atoms with Crippen LogP contribution in [0.4, 0.5) is 5.69 Å². The summed E-state index contributed by atoms with van der Waals surface area (Å²) in [7, 11) is 0. The van der Waals surface area contributed by atoms with Crippen LogP contribution < -0.4 is 5.32 Å². The Morgan fingerprint density at radius 1 is 1.09 bits per heavy atom. The van der Waals surface area contributed by atoms with Gasteiger partial charge in [-0.1, -0.05) is 13.8 Å². The lowest BCUT2D eigenvalue weighted by Gasteiger charge is -2.08. The average molecular weight is 313 g/mol. The van der Waals surface area contributed by atoms with Crippen LogP contribution in [0.25, 0.3) is 11.0 Å². The third-order valence-corrected chi connectivity index (χ3v) is 4.72. The van der Waals surface area contributed by atoms with Gasteiger partial charge in [-0.3, -0.25) is 9.59 Å². The van der Waals surface area contributed by atoms with Crippen molar-refractivity contribution in [1.29, 1.82) is 0 Å². The minimum absolute atomic E-state index is 0.265. The highest BCUT2D eigenvalue weighted by Gasteiger charge is 2.65. The van der Waals surface area contributed by atoms with Gasteiger partial charge in [0, 0.05) is 5.69 Å².